The predicted octanol–water partition coefficient (Wildman–Crippen LogP) is 3.06. The maximum Gasteiger partial charge on any atom is 0.133 e. The van der Waals surface area contributed by atoms with Crippen LogP contribution in [-0.2, 0) is 6.54 Å². The fourth-order valence-electron chi connectivity index (χ4n) is 2.92. The Balaban J connectivity index is 2.08. The molecule has 2 heterocycles. The van der Waals surface area contributed by atoms with Gasteiger partial charge in [0, 0.05) is 30.9 Å². The molecule has 1 aliphatic rings. The molecule has 0 saturated carbocycles. The largest absolute Gasteiger partial charge is 0.353 e. The summed E-state index contributed by atoms with van der Waals surface area (Å²) in [5, 5.41) is 3.52. The Labute approximate surface area is 117 Å². The van der Waals surface area contributed by atoms with Gasteiger partial charge >= 0.3 is 0 Å². The monoisotopic (exact) mass is 261 g/mol. The molecule has 3 heteroatoms. The van der Waals surface area contributed by atoms with Crippen molar-refractivity contribution in [2.24, 2.45) is 11.8 Å². The lowest BCUT2D eigenvalue weighted by Gasteiger charge is -2.25. The molecule has 1 aliphatic heterocycles. The first-order valence-electron chi connectivity index (χ1n) is 7.49. The molecule has 106 valence electrons. The van der Waals surface area contributed by atoms with Crippen molar-refractivity contribution in [1.29, 1.82) is 0 Å². The minimum absolute atomic E-state index is 0.605. The molecule has 1 aromatic rings. The molecule has 0 aromatic carbocycles. The van der Waals surface area contributed by atoms with Crippen molar-refractivity contribution >= 4 is 5.82 Å². The number of anilines is 1. The molecule has 2 rings (SSSR count). The number of hydrogen-bond donors (Lipinski definition) is 1. The Morgan fingerprint density at radius 1 is 1.42 bits per heavy atom. The van der Waals surface area contributed by atoms with Crippen molar-refractivity contribution in [3.63, 3.8) is 0 Å². The van der Waals surface area contributed by atoms with Crippen LogP contribution < -0.4 is 10.2 Å². The predicted molar refractivity (Wildman–Crippen MR) is 81.4 cm³/mol. The first-order chi connectivity index (χ1) is 9.08. The van der Waals surface area contributed by atoms with Gasteiger partial charge in [-0.1, -0.05) is 26.8 Å². The van der Waals surface area contributed by atoms with Crippen LogP contribution in [0.1, 0.15) is 39.7 Å². The van der Waals surface area contributed by atoms with E-state index in [1.807, 2.05) is 12.3 Å². The number of nitrogens with one attached hydrogen (secondary N) is 1. The van der Waals surface area contributed by atoms with Gasteiger partial charge in [-0.05, 0) is 37.8 Å². The van der Waals surface area contributed by atoms with E-state index in [1.54, 1.807) is 0 Å². The number of pyridine rings is 1. The van der Waals surface area contributed by atoms with Gasteiger partial charge in [0.05, 0.1) is 0 Å². The summed E-state index contributed by atoms with van der Waals surface area (Å²) in [6.45, 7) is 12.2. The van der Waals surface area contributed by atoms with Crippen molar-refractivity contribution in [2.45, 2.75) is 46.7 Å². The summed E-state index contributed by atoms with van der Waals surface area (Å²) in [6, 6.07) is 4.85. The second-order valence-electron chi connectivity index (χ2n) is 6.35. The molecule has 1 fully saturated rings. The van der Waals surface area contributed by atoms with Crippen molar-refractivity contribution < 1.29 is 0 Å². The lowest BCUT2D eigenvalue weighted by Crippen LogP contribution is -2.30. The third-order valence-corrected chi connectivity index (χ3v) is 3.79. The Hall–Kier alpha value is -1.09. The van der Waals surface area contributed by atoms with Crippen molar-refractivity contribution in [2.75, 3.05) is 18.0 Å². The van der Waals surface area contributed by atoms with Gasteiger partial charge in [0.1, 0.15) is 5.82 Å². The zero-order valence-corrected chi connectivity index (χ0v) is 12.7. The molecule has 1 aromatic heterocycles. The molecule has 1 N–H and O–H groups in total. The molecule has 3 nitrogen and oxygen atoms in total. The molecule has 1 saturated heterocycles. The maximum absolute atomic E-state index is 4.63. The summed E-state index contributed by atoms with van der Waals surface area (Å²) in [5.41, 5.74) is 1.32. The summed E-state index contributed by atoms with van der Waals surface area (Å²) in [7, 11) is 0. The molecule has 0 spiro atoms. The van der Waals surface area contributed by atoms with E-state index in [0.717, 1.165) is 25.6 Å². The van der Waals surface area contributed by atoms with E-state index < -0.39 is 0 Å². The Kier molecular flexibility index (Phi) is 4.81. The molecular formula is C16H27N3. The van der Waals surface area contributed by atoms with Crippen LogP contribution >= 0.6 is 0 Å². The Morgan fingerprint density at radius 3 is 2.84 bits per heavy atom. The first kappa shape index (κ1) is 14.3. The minimum Gasteiger partial charge on any atom is -0.353 e. The lowest BCUT2D eigenvalue weighted by molar-refractivity contribution is 0.551. The smallest absolute Gasteiger partial charge is 0.133 e. The number of nitrogens with zero attached hydrogens (tertiary/aromatic N) is 2. The van der Waals surface area contributed by atoms with E-state index >= 15 is 0 Å². The molecule has 0 aliphatic carbocycles. The van der Waals surface area contributed by atoms with Crippen LogP contribution in [0.5, 0.6) is 0 Å². The molecule has 19 heavy (non-hydrogen) atoms. The van der Waals surface area contributed by atoms with Crippen LogP contribution in [0, 0.1) is 11.8 Å². The third-order valence-electron chi connectivity index (χ3n) is 3.79. The quantitative estimate of drug-likeness (QED) is 0.883. The van der Waals surface area contributed by atoms with E-state index in [2.05, 4.69) is 49.0 Å². The fourth-order valence-corrected chi connectivity index (χ4v) is 2.92. The lowest BCUT2D eigenvalue weighted by atomic mass is 10.1. The molecule has 0 amide bonds. The van der Waals surface area contributed by atoms with Gasteiger partial charge in [-0.15, -0.1) is 0 Å². The number of rotatable bonds is 5. The minimum atomic E-state index is 0.605. The number of aromatic nitrogens is 1. The van der Waals surface area contributed by atoms with E-state index in [4.69, 9.17) is 0 Å². The molecular weight excluding hydrogens is 234 g/mol. The SMILES string of the molecule is CC(C)CNCc1cccnc1N1CC(C)CC1C. The van der Waals surface area contributed by atoms with Crippen LogP contribution in [0.3, 0.4) is 0 Å². The zero-order valence-electron chi connectivity index (χ0n) is 12.7. The second kappa shape index (κ2) is 6.38. The highest BCUT2D eigenvalue weighted by molar-refractivity contribution is 5.48. The van der Waals surface area contributed by atoms with E-state index in [1.165, 1.54) is 17.8 Å². The fraction of sp³-hybridized carbons (Fsp3) is 0.688. The summed E-state index contributed by atoms with van der Waals surface area (Å²) >= 11 is 0. The highest BCUT2D eigenvalue weighted by atomic mass is 15.2. The van der Waals surface area contributed by atoms with Crippen LogP contribution in [-0.4, -0.2) is 24.1 Å². The van der Waals surface area contributed by atoms with Crippen LogP contribution in [0.2, 0.25) is 0 Å². The zero-order chi connectivity index (χ0) is 13.8. The van der Waals surface area contributed by atoms with Gasteiger partial charge < -0.3 is 10.2 Å². The summed E-state index contributed by atoms with van der Waals surface area (Å²) in [6.07, 6.45) is 3.19. The standard InChI is InChI=1S/C16H27N3/c1-12(2)9-17-10-15-6-5-7-18-16(15)19-11-13(3)8-14(19)4/h5-7,12-14,17H,8-11H2,1-4H3. The highest BCUT2D eigenvalue weighted by Crippen LogP contribution is 2.29. The Morgan fingerprint density at radius 2 is 2.21 bits per heavy atom. The Bertz CT molecular complexity index is 403. The third kappa shape index (κ3) is 3.69. The maximum atomic E-state index is 4.63. The normalized spacial score (nSPS) is 23.3. The van der Waals surface area contributed by atoms with Crippen molar-refractivity contribution in [3.05, 3.63) is 23.9 Å². The van der Waals surface area contributed by atoms with Gasteiger partial charge in [-0.2, -0.15) is 0 Å². The average Bonchev–Trinajstić information content (AvgIpc) is 2.68. The summed E-state index contributed by atoms with van der Waals surface area (Å²) < 4.78 is 0. The van der Waals surface area contributed by atoms with Gasteiger partial charge in [0.25, 0.3) is 0 Å². The van der Waals surface area contributed by atoms with Gasteiger partial charge in [0.2, 0.25) is 0 Å². The average molecular weight is 261 g/mol. The van der Waals surface area contributed by atoms with Crippen LogP contribution in [0.15, 0.2) is 18.3 Å². The molecule has 2 unspecified atom stereocenters. The van der Waals surface area contributed by atoms with Crippen LogP contribution in [0.25, 0.3) is 0 Å². The molecule has 0 bridgehead atoms. The molecule has 2 atom stereocenters. The van der Waals surface area contributed by atoms with Gasteiger partial charge in [-0.3, -0.25) is 0 Å². The number of hydrogen-bond acceptors (Lipinski definition) is 3. The molecule has 0 radical (unpaired) electrons. The van der Waals surface area contributed by atoms with Crippen LogP contribution in [0.4, 0.5) is 5.82 Å². The van der Waals surface area contributed by atoms with Crippen molar-refractivity contribution in [3.8, 4) is 0 Å². The summed E-state index contributed by atoms with van der Waals surface area (Å²) in [4.78, 5) is 7.10. The van der Waals surface area contributed by atoms with Gasteiger partial charge in [0.15, 0.2) is 0 Å². The first-order valence-corrected chi connectivity index (χ1v) is 7.49. The van der Waals surface area contributed by atoms with Gasteiger partial charge in [-0.25, -0.2) is 4.98 Å². The summed E-state index contributed by atoms with van der Waals surface area (Å²) in [5.74, 6) is 2.63. The van der Waals surface area contributed by atoms with Crippen molar-refractivity contribution in [1.82, 2.24) is 10.3 Å². The van der Waals surface area contributed by atoms with E-state index in [9.17, 15) is 0 Å². The second-order valence-corrected chi connectivity index (χ2v) is 6.35. The van der Waals surface area contributed by atoms with E-state index in [-0.39, 0.29) is 0 Å². The van der Waals surface area contributed by atoms with E-state index in [0.29, 0.717) is 12.0 Å². The topological polar surface area (TPSA) is 28.2 Å². The highest BCUT2D eigenvalue weighted by Gasteiger charge is 2.28.